The molecule has 108 valence electrons. The van der Waals surface area contributed by atoms with E-state index >= 15 is 0 Å². The third-order valence-corrected chi connectivity index (χ3v) is 3.26. The van der Waals surface area contributed by atoms with E-state index in [1.165, 1.54) is 0 Å². The lowest BCUT2D eigenvalue weighted by Crippen LogP contribution is -2.29. The summed E-state index contributed by atoms with van der Waals surface area (Å²) in [5, 5.41) is 9.34. The van der Waals surface area contributed by atoms with E-state index in [-0.39, 0.29) is 16.5 Å². The summed E-state index contributed by atoms with van der Waals surface area (Å²) in [5.74, 6) is -0.0247. The first kappa shape index (κ1) is 14.6. The van der Waals surface area contributed by atoms with Crippen molar-refractivity contribution in [1.29, 1.82) is 0 Å². The topological polar surface area (TPSA) is 55.1 Å². The van der Waals surface area contributed by atoms with Gasteiger partial charge in [-0.05, 0) is 32.9 Å². The van der Waals surface area contributed by atoms with Gasteiger partial charge in [-0.2, -0.15) is 0 Å². The van der Waals surface area contributed by atoms with E-state index < -0.39 is 5.97 Å². The quantitative estimate of drug-likeness (QED) is 0.860. The zero-order chi connectivity index (χ0) is 15.3. The number of carbonyl (C=O) groups is 1. The Hall–Kier alpha value is -1.84. The zero-order valence-electron chi connectivity index (χ0n) is 13.0. The summed E-state index contributed by atoms with van der Waals surface area (Å²) in [7, 11) is 0. The Balaban J connectivity index is 2.94. The molecule has 0 fully saturated rings. The van der Waals surface area contributed by atoms with Crippen molar-refractivity contribution in [3.63, 3.8) is 0 Å². The minimum absolute atomic E-state index is 0.151. The van der Waals surface area contributed by atoms with E-state index in [4.69, 9.17) is 0 Å². The lowest BCUT2D eigenvalue weighted by atomic mass is 9.94. The van der Waals surface area contributed by atoms with Gasteiger partial charge in [0.1, 0.15) is 11.3 Å². The van der Waals surface area contributed by atoms with Crippen molar-refractivity contribution in [3.8, 4) is 0 Å². The summed E-state index contributed by atoms with van der Waals surface area (Å²) >= 11 is 0. The molecule has 0 amide bonds. The Morgan fingerprint density at radius 2 is 1.75 bits per heavy atom. The van der Waals surface area contributed by atoms with Crippen LogP contribution in [0, 0.1) is 0 Å². The molecule has 1 aromatic heterocycles. The average Bonchev–Trinajstić information content (AvgIpc) is 2.66. The van der Waals surface area contributed by atoms with Gasteiger partial charge >= 0.3 is 5.97 Å². The monoisotopic (exact) mass is 274 g/mol. The molecular formula is C16H22N2O2. The Kier molecular flexibility index (Phi) is 3.16. The fourth-order valence-electron chi connectivity index (χ4n) is 2.45. The Morgan fingerprint density at radius 1 is 1.15 bits per heavy atom. The number of hydrogen-bond acceptors (Lipinski definition) is 2. The van der Waals surface area contributed by atoms with Crippen LogP contribution in [0.2, 0.25) is 0 Å². The maximum Gasteiger partial charge on any atom is 0.337 e. The van der Waals surface area contributed by atoms with Crippen molar-refractivity contribution in [2.24, 2.45) is 0 Å². The second kappa shape index (κ2) is 4.33. The smallest absolute Gasteiger partial charge is 0.337 e. The summed E-state index contributed by atoms with van der Waals surface area (Å²) < 4.78 is 2.15. The number of aromatic carboxylic acids is 1. The number of rotatable bonds is 1. The lowest BCUT2D eigenvalue weighted by molar-refractivity contribution is 0.0699. The predicted octanol–water partition coefficient (Wildman–Crippen LogP) is 3.79. The van der Waals surface area contributed by atoms with E-state index in [9.17, 15) is 9.90 Å². The highest BCUT2D eigenvalue weighted by molar-refractivity contribution is 6.01. The number of hydrogen-bond donors (Lipinski definition) is 1. The van der Waals surface area contributed by atoms with Gasteiger partial charge in [-0.1, -0.05) is 26.8 Å². The van der Waals surface area contributed by atoms with Crippen LogP contribution in [0.3, 0.4) is 0 Å². The minimum atomic E-state index is -0.936. The van der Waals surface area contributed by atoms with Crippen LogP contribution >= 0.6 is 0 Å². The number of benzene rings is 1. The van der Waals surface area contributed by atoms with E-state index in [0.29, 0.717) is 5.52 Å². The lowest BCUT2D eigenvalue weighted by Gasteiger charge is -2.29. The van der Waals surface area contributed by atoms with Crippen molar-refractivity contribution in [2.45, 2.75) is 52.5 Å². The van der Waals surface area contributed by atoms with Gasteiger partial charge in [-0.15, -0.1) is 0 Å². The summed E-state index contributed by atoms with van der Waals surface area (Å²) in [5.41, 5.74) is 1.40. The summed E-state index contributed by atoms with van der Waals surface area (Å²) in [6.45, 7) is 12.6. The molecule has 20 heavy (non-hydrogen) atoms. The molecule has 0 bridgehead atoms. The third-order valence-electron chi connectivity index (χ3n) is 3.26. The normalized spacial score (nSPS) is 12.9. The SMILES string of the molecule is CC(C)(C)c1nc2c(C(=O)O)cccc2n1C(C)(C)C. The van der Waals surface area contributed by atoms with Crippen molar-refractivity contribution in [3.05, 3.63) is 29.6 Å². The molecule has 0 radical (unpaired) electrons. The van der Waals surface area contributed by atoms with Gasteiger partial charge in [0.2, 0.25) is 0 Å². The van der Waals surface area contributed by atoms with Crippen LogP contribution in [-0.4, -0.2) is 20.6 Å². The number of para-hydroxylation sites is 1. The number of nitrogens with zero attached hydrogens (tertiary/aromatic N) is 2. The van der Waals surface area contributed by atoms with Crippen molar-refractivity contribution >= 4 is 17.0 Å². The first-order valence-electron chi connectivity index (χ1n) is 6.79. The average molecular weight is 274 g/mol. The zero-order valence-corrected chi connectivity index (χ0v) is 13.0. The summed E-state index contributed by atoms with van der Waals surface area (Å²) in [6, 6.07) is 5.33. The highest BCUT2D eigenvalue weighted by Gasteiger charge is 2.29. The molecule has 4 heteroatoms. The number of fused-ring (bicyclic) bond motifs is 1. The highest BCUT2D eigenvalue weighted by atomic mass is 16.4. The van der Waals surface area contributed by atoms with Crippen LogP contribution in [0.25, 0.3) is 11.0 Å². The molecule has 2 rings (SSSR count). The standard InChI is InChI=1S/C16H22N2O2/c1-15(2,3)14-17-12-10(13(19)20)8-7-9-11(12)18(14)16(4,5)6/h7-9H,1-6H3,(H,19,20). The van der Waals surface area contributed by atoms with Gasteiger partial charge in [0.25, 0.3) is 0 Å². The molecule has 0 saturated carbocycles. The Bertz CT molecular complexity index is 670. The highest BCUT2D eigenvalue weighted by Crippen LogP contribution is 2.33. The molecular weight excluding hydrogens is 252 g/mol. The van der Waals surface area contributed by atoms with Gasteiger partial charge in [-0.3, -0.25) is 0 Å². The van der Waals surface area contributed by atoms with Gasteiger partial charge in [-0.25, -0.2) is 9.78 Å². The molecule has 0 saturated heterocycles. The van der Waals surface area contributed by atoms with E-state index in [2.05, 4.69) is 51.1 Å². The minimum Gasteiger partial charge on any atom is -0.478 e. The van der Waals surface area contributed by atoms with Gasteiger partial charge in [0.05, 0.1) is 11.1 Å². The van der Waals surface area contributed by atoms with Crippen LogP contribution in [0.5, 0.6) is 0 Å². The maximum atomic E-state index is 11.4. The molecule has 0 spiro atoms. The summed E-state index contributed by atoms with van der Waals surface area (Å²) in [4.78, 5) is 16.0. The largest absolute Gasteiger partial charge is 0.478 e. The van der Waals surface area contributed by atoms with Crippen molar-refractivity contribution in [2.75, 3.05) is 0 Å². The van der Waals surface area contributed by atoms with Crippen LogP contribution < -0.4 is 0 Å². The molecule has 1 heterocycles. The number of carboxylic acids is 1. The fourth-order valence-corrected chi connectivity index (χ4v) is 2.45. The molecule has 0 atom stereocenters. The first-order chi connectivity index (χ1) is 9.03. The number of aromatic nitrogens is 2. The van der Waals surface area contributed by atoms with Crippen LogP contribution in [-0.2, 0) is 11.0 Å². The molecule has 0 aliphatic heterocycles. The Morgan fingerprint density at radius 3 is 2.20 bits per heavy atom. The van der Waals surface area contributed by atoms with Crippen molar-refractivity contribution in [1.82, 2.24) is 9.55 Å². The number of imidazole rings is 1. The molecule has 2 aromatic rings. The molecule has 0 aliphatic rings. The van der Waals surface area contributed by atoms with E-state index in [1.54, 1.807) is 12.1 Å². The fraction of sp³-hybridized carbons (Fsp3) is 0.500. The predicted molar refractivity (Wildman–Crippen MR) is 80.4 cm³/mol. The second-order valence-corrected chi connectivity index (χ2v) is 7.17. The molecule has 1 N–H and O–H groups in total. The molecule has 1 aromatic carbocycles. The van der Waals surface area contributed by atoms with E-state index in [0.717, 1.165) is 11.3 Å². The van der Waals surface area contributed by atoms with Crippen molar-refractivity contribution < 1.29 is 9.90 Å². The van der Waals surface area contributed by atoms with Gasteiger partial charge in [0, 0.05) is 11.0 Å². The Labute approximate surface area is 119 Å². The van der Waals surface area contributed by atoms with Crippen LogP contribution in [0.15, 0.2) is 18.2 Å². The van der Waals surface area contributed by atoms with Crippen LogP contribution in [0.1, 0.15) is 57.7 Å². The molecule has 4 nitrogen and oxygen atoms in total. The molecule has 0 unspecified atom stereocenters. The summed E-state index contributed by atoms with van der Waals surface area (Å²) in [6.07, 6.45) is 0. The van der Waals surface area contributed by atoms with Gasteiger partial charge in [0.15, 0.2) is 0 Å². The number of carboxylic acid groups (broad SMARTS) is 1. The molecule has 0 aliphatic carbocycles. The second-order valence-electron chi connectivity index (χ2n) is 7.17. The van der Waals surface area contributed by atoms with E-state index in [1.807, 2.05) is 6.07 Å². The first-order valence-corrected chi connectivity index (χ1v) is 6.79. The third kappa shape index (κ3) is 2.30. The van der Waals surface area contributed by atoms with Crippen LogP contribution in [0.4, 0.5) is 0 Å². The maximum absolute atomic E-state index is 11.4. The van der Waals surface area contributed by atoms with Gasteiger partial charge < -0.3 is 9.67 Å².